The molecule has 106 valence electrons. The fraction of sp³-hybridized carbons (Fsp3) is 0.667. The van der Waals surface area contributed by atoms with Crippen LogP contribution in [0.1, 0.15) is 44.2 Å². The Morgan fingerprint density at radius 3 is 2.70 bits per heavy atom. The minimum atomic E-state index is -0.180. The van der Waals surface area contributed by atoms with Crippen LogP contribution in [0.4, 0.5) is 5.82 Å². The second kappa shape index (κ2) is 5.76. The van der Waals surface area contributed by atoms with Crippen molar-refractivity contribution in [2.45, 2.75) is 50.7 Å². The second-order valence-corrected chi connectivity index (χ2v) is 5.79. The number of hydrogen-bond acceptors (Lipinski definition) is 5. The third-order valence-corrected chi connectivity index (χ3v) is 4.62. The molecule has 0 aromatic carbocycles. The molecule has 1 aromatic rings. The normalized spacial score (nSPS) is 30.2. The van der Waals surface area contributed by atoms with Gasteiger partial charge in [-0.15, -0.1) is 0 Å². The SMILES string of the molecule is N#Cc1cnc(N2CCC[C@@H]2[C@@H]2CCCC[C@@H]2O)cn1. The van der Waals surface area contributed by atoms with E-state index in [0.29, 0.717) is 17.7 Å². The highest BCUT2D eigenvalue weighted by Crippen LogP contribution is 2.36. The van der Waals surface area contributed by atoms with Crippen LogP contribution in [-0.4, -0.2) is 33.8 Å². The van der Waals surface area contributed by atoms with Gasteiger partial charge in [0, 0.05) is 18.5 Å². The van der Waals surface area contributed by atoms with Crippen molar-refractivity contribution in [3.05, 3.63) is 18.1 Å². The second-order valence-electron chi connectivity index (χ2n) is 5.79. The van der Waals surface area contributed by atoms with Gasteiger partial charge in [0.2, 0.25) is 0 Å². The monoisotopic (exact) mass is 272 g/mol. The maximum absolute atomic E-state index is 10.3. The summed E-state index contributed by atoms with van der Waals surface area (Å²) >= 11 is 0. The number of rotatable bonds is 2. The van der Waals surface area contributed by atoms with Crippen molar-refractivity contribution in [3.63, 3.8) is 0 Å². The highest BCUT2D eigenvalue weighted by atomic mass is 16.3. The maximum atomic E-state index is 10.3. The molecule has 2 heterocycles. The molecule has 3 atom stereocenters. The Labute approximate surface area is 119 Å². The Hall–Kier alpha value is -1.67. The van der Waals surface area contributed by atoms with Gasteiger partial charge in [-0.25, -0.2) is 9.97 Å². The van der Waals surface area contributed by atoms with Crippen molar-refractivity contribution in [3.8, 4) is 6.07 Å². The standard InChI is InChI=1S/C15H20N4O/c16-8-11-9-18-15(10-17-11)19-7-3-5-13(19)12-4-1-2-6-14(12)20/h9-10,12-14,20H,1-7H2/t12-,13+,14-/m0/s1. The van der Waals surface area contributed by atoms with E-state index in [2.05, 4.69) is 14.9 Å². The summed E-state index contributed by atoms with van der Waals surface area (Å²) in [5.74, 6) is 1.19. The molecule has 0 amide bonds. The number of aliphatic hydroxyl groups excluding tert-OH is 1. The first kappa shape index (κ1) is 13.3. The molecule has 0 spiro atoms. The minimum absolute atomic E-state index is 0.180. The topological polar surface area (TPSA) is 73.0 Å². The van der Waals surface area contributed by atoms with Crippen LogP contribution in [0.5, 0.6) is 0 Å². The predicted molar refractivity (Wildman–Crippen MR) is 75.1 cm³/mol. The van der Waals surface area contributed by atoms with E-state index in [1.54, 1.807) is 6.20 Å². The third-order valence-electron chi connectivity index (χ3n) is 4.62. The van der Waals surface area contributed by atoms with Gasteiger partial charge in [-0.2, -0.15) is 5.26 Å². The molecule has 1 aromatic heterocycles. The zero-order chi connectivity index (χ0) is 13.9. The van der Waals surface area contributed by atoms with Crippen molar-refractivity contribution >= 4 is 5.82 Å². The van der Waals surface area contributed by atoms with Crippen molar-refractivity contribution in [2.24, 2.45) is 5.92 Å². The molecule has 0 bridgehead atoms. The van der Waals surface area contributed by atoms with E-state index in [9.17, 15) is 5.11 Å². The Morgan fingerprint density at radius 1 is 1.15 bits per heavy atom. The van der Waals surface area contributed by atoms with Crippen LogP contribution < -0.4 is 4.90 Å². The lowest BCUT2D eigenvalue weighted by atomic mass is 9.80. The molecule has 3 rings (SSSR count). The molecule has 1 saturated heterocycles. The molecule has 0 unspecified atom stereocenters. The number of anilines is 1. The summed E-state index contributed by atoms with van der Waals surface area (Å²) in [7, 11) is 0. The Bertz CT molecular complexity index is 496. The molecule has 0 radical (unpaired) electrons. The van der Waals surface area contributed by atoms with Gasteiger partial charge >= 0.3 is 0 Å². The summed E-state index contributed by atoms with van der Waals surface area (Å²) in [4.78, 5) is 10.7. The van der Waals surface area contributed by atoms with Gasteiger partial charge in [0.15, 0.2) is 5.69 Å². The average molecular weight is 272 g/mol. The molecule has 20 heavy (non-hydrogen) atoms. The lowest BCUT2D eigenvalue weighted by Crippen LogP contribution is -2.43. The van der Waals surface area contributed by atoms with E-state index in [-0.39, 0.29) is 6.10 Å². The lowest BCUT2D eigenvalue weighted by molar-refractivity contribution is 0.0565. The number of aliphatic hydroxyl groups is 1. The fourth-order valence-corrected chi connectivity index (χ4v) is 3.64. The molecule has 5 nitrogen and oxygen atoms in total. The molecule has 2 aliphatic rings. The highest BCUT2D eigenvalue weighted by Gasteiger charge is 2.37. The minimum Gasteiger partial charge on any atom is -0.393 e. The van der Waals surface area contributed by atoms with Gasteiger partial charge in [-0.05, 0) is 25.7 Å². The van der Waals surface area contributed by atoms with Crippen LogP contribution >= 0.6 is 0 Å². The van der Waals surface area contributed by atoms with E-state index in [4.69, 9.17) is 5.26 Å². The molecular formula is C15H20N4O. The van der Waals surface area contributed by atoms with Crippen LogP contribution in [0.25, 0.3) is 0 Å². The first-order valence-electron chi connectivity index (χ1n) is 7.46. The Morgan fingerprint density at radius 2 is 2.00 bits per heavy atom. The van der Waals surface area contributed by atoms with Gasteiger partial charge in [0.1, 0.15) is 11.9 Å². The van der Waals surface area contributed by atoms with E-state index in [1.807, 2.05) is 6.07 Å². The fourth-order valence-electron chi connectivity index (χ4n) is 3.64. The summed E-state index contributed by atoms with van der Waals surface area (Å²) in [6, 6.07) is 2.36. The van der Waals surface area contributed by atoms with E-state index >= 15 is 0 Å². The smallest absolute Gasteiger partial charge is 0.158 e. The first-order valence-corrected chi connectivity index (χ1v) is 7.46. The van der Waals surface area contributed by atoms with Crippen molar-refractivity contribution in [1.82, 2.24) is 9.97 Å². The van der Waals surface area contributed by atoms with Crippen molar-refractivity contribution in [2.75, 3.05) is 11.4 Å². The van der Waals surface area contributed by atoms with Gasteiger partial charge in [0.05, 0.1) is 18.5 Å². The summed E-state index contributed by atoms with van der Waals surface area (Å²) < 4.78 is 0. The van der Waals surface area contributed by atoms with Gasteiger partial charge < -0.3 is 10.0 Å². The first-order chi connectivity index (χ1) is 9.79. The number of nitrogens with zero attached hydrogens (tertiary/aromatic N) is 4. The molecule has 1 aliphatic carbocycles. The predicted octanol–water partition coefficient (Wildman–Crippen LogP) is 1.87. The van der Waals surface area contributed by atoms with Gasteiger partial charge in [-0.1, -0.05) is 12.8 Å². The third kappa shape index (κ3) is 2.48. The Kier molecular flexibility index (Phi) is 3.83. The summed E-state index contributed by atoms with van der Waals surface area (Å²) in [5.41, 5.74) is 0.349. The number of aromatic nitrogens is 2. The number of nitriles is 1. The molecule has 1 saturated carbocycles. The average Bonchev–Trinajstić information content (AvgIpc) is 2.97. The molecule has 2 fully saturated rings. The zero-order valence-electron chi connectivity index (χ0n) is 11.6. The van der Waals surface area contributed by atoms with E-state index in [0.717, 1.165) is 44.5 Å². The molecule has 1 aliphatic heterocycles. The van der Waals surface area contributed by atoms with Crippen LogP contribution in [0.15, 0.2) is 12.4 Å². The van der Waals surface area contributed by atoms with Gasteiger partial charge in [-0.3, -0.25) is 0 Å². The Balaban J connectivity index is 1.79. The molecule has 1 N–H and O–H groups in total. The summed E-state index contributed by atoms with van der Waals surface area (Å²) in [6.45, 7) is 0.967. The lowest BCUT2D eigenvalue weighted by Gasteiger charge is -2.37. The van der Waals surface area contributed by atoms with Crippen LogP contribution in [0.3, 0.4) is 0 Å². The van der Waals surface area contributed by atoms with Crippen molar-refractivity contribution in [1.29, 1.82) is 5.26 Å². The van der Waals surface area contributed by atoms with E-state index in [1.165, 1.54) is 12.6 Å². The van der Waals surface area contributed by atoms with Crippen LogP contribution in [0.2, 0.25) is 0 Å². The largest absolute Gasteiger partial charge is 0.393 e. The zero-order valence-corrected chi connectivity index (χ0v) is 11.6. The van der Waals surface area contributed by atoms with Gasteiger partial charge in [0.25, 0.3) is 0 Å². The number of hydrogen-bond donors (Lipinski definition) is 1. The summed E-state index contributed by atoms with van der Waals surface area (Å²) in [6.07, 6.45) is 9.67. The summed E-state index contributed by atoms with van der Waals surface area (Å²) in [5, 5.41) is 19.1. The maximum Gasteiger partial charge on any atom is 0.158 e. The van der Waals surface area contributed by atoms with Crippen LogP contribution in [0, 0.1) is 17.2 Å². The molecular weight excluding hydrogens is 252 g/mol. The highest BCUT2D eigenvalue weighted by molar-refractivity contribution is 5.40. The quantitative estimate of drug-likeness (QED) is 0.889. The van der Waals surface area contributed by atoms with E-state index < -0.39 is 0 Å². The van der Waals surface area contributed by atoms with Crippen LogP contribution in [-0.2, 0) is 0 Å². The van der Waals surface area contributed by atoms with Crippen molar-refractivity contribution < 1.29 is 5.11 Å². The molecule has 5 heteroatoms.